The number of nitriles is 1. The van der Waals surface area contributed by atoms with Gasteiger partial charge >= 0.3 is 10.2 Å². The predicted octanol–water partition coefficient (Wildman–Crippen LogP) is 7.49. The van der Waals surface area contributed by atoms with Gasteiger partial charge in [-0.25, -0.2) is 4.68 Å². The van der Waals surface area contributed by atoms with Crippen molar-refractivity contribution in [3.8, 4) is 11.8 Å². The molecule has 1 aromatic heterocycles. The fraction of sp³-hybridized carbons (Fsp3) is 0.542. The molecule has 7 nitrogen and oxygen atoms in total. The molecule has 1 heterocycles. The Kier molecular flexibility index (Phi) is 7.37. The lowest BCUT2D eigenvalue weighted by Crippen LogP contribution is -2.36. The summed E-state index contributed by atoms with van der Waals surface area (Å²) < 4.78 is 73.8. The standard InChI is InChI=1S/C24H28Cl2F5N5O2S/c1-14(2)38-9-3-8-33-23(37)24(6-7-24)20-19(12-32)35-36(22(20)34-13-15-4-5-15)21-17(25)10-16(11-18(21)26)39(27,28,29,30)31/h10-11,14-15,34H,3-9,13H2,1-2H3,(H,33,37). The number of hydrogen-bond donors (Lipinski definition) is 2. The molecule has 2 saturated carbocycles. The molecule has 2 aromatic rings. The van der Waals surface area contributed by atoms with Crippen molar-refractivity contribution >= 4 is 45.2 Å². The van der Waals surface area contributed by atoms with E-state index in [0.717, 1.165) is 17.5 Å². The molecule has 15 heteroatoms. The molecule has 2 aliphatic carbocycles. The number of nitrogens with zero attached hydrogens (tertiary/aromatic N) is 3. The highest BCUT2D eigenvalue weighted by atomic mass is 35.5. The molecule has 0 spiro atoms. The van der Waals surface area contributed by atoms with Crippen LogP contribution in [0.4, 0.5) is 25.2 Å². The van der Waals surface area contributed by atoms with Crippen molar-refractivity contribution in [2.75, 3.05) is 25.0 Å². The number of halogens is 7. The third kappa shape index (κ3) is 6.56. The molecule has 0 radical (unpaired) electrons. The van der Waals surface area contributed by atoms with Gasteiger partial charge in [0, 0.05) is 25.3 Å². The first-order valence-electron chi connectivity index (χ1n) is 12.4. The summed E-state index contributed by atoms with van der Waals surface area (Å²) in [5, 5.41) is 18.7. The lowest BCUT2D eigenvalue weighted by atomic mass is 9.94. The smallest absolute Gasteiger partial charge is 0.310 e. The van der Waals surface area contributed by atoms with Crippen molar-refractivity contribution in [1.82, 2.24) is 15.1 Å². The van der Waals surface area contributed by atoms with Crippen LogP contribution in [-0.2, 0) is 14.9 Å². The number of anilines is 1. The van der Waals surface area contributed by atoms with Gasteiger partial charge in [0.1, 0.15) is 22.5 Å². The molecule has 2 fully saturated rings. The largest absolute Gasteiger partial charge is 0.379 e. The van der Waals surface area contributed by atoms with E-state index in [1.54, 1.807) is 0 Å². The molecule has 0 unspecified atom stereocenters. The first-order valence-corrected chi connectivity index (χ1v) is 15.1. The van der Waals surface area contributed by atoms with E-state index in [0.29, 0.717) is 44.9 Å². The Balaban J connectivity index is 1.75. The van der Waals surface area contributed by atoms with Gasteiger partial charge < -0.3 is 15.4 Å². The summed E-state index contributed by atoms with van der Waals surface area (Å²) in [4.78, 5) is 11.1. The van der Waals surface area contributed by atoms with Crippen LogP contribution in [0, 0.1) is 17.2 Å². The highest BCUT2D eigenvalue weighted by molar-refractivity contribution is 8.45. The van der Waals surface area contributed by atoms with E-state index in [1.165, 1.54) is 0 Å². The first-order chi connectivity index (χ1) is 18.0. The second kappa shape index (κ2) is 9.68. The van der Waals surface area contributed by atoms with Crippen molar-refractivity contribution in [1.29, 1.82) is 5.26 Å². The highest BCUT2D eigenvalue weighted by Crippen LogP contribution is 3.02. The molecule has 0 bridgehead atoms. The molecule has 216 valence electrons. The van der Waals surface area contributed by atoms with Crippen LogP contribution >= 0.6 is 33.4 Å². The van der Waals surface area contributed by atoms with E-state index in [4.69, 9.17) is 27.9 Å². The molecule has 4 rings (SSSR count). The number of ether oxygens (including phenoxy) is 1. The summed E-state index contributed by atoms with van der Waals surface area (Å²) >= 11 is 12.2. The summed E-state index contributed by atoms with van der Waals surface area (Å²) in [7, 11) is -10.1. The van der Waals surface area contributed by atoms with Crippen LogP contribution in [0.2, 0.25) is 10.0 Å². The maximum Gasteiger partial charge on any atom is 0.310 e. The molecule has 2 aliphatic rings. The topological polar surface area (TPSA) is 92.0 Å². The minimum atomic E-state index is -10.1. The number of rotatable bonds is 12. The fourth-order valence-corrected chi connectivity index (χ4v) is 5.74. The molecular formula is C24H28Cl2F5N5O2S. The maximum atomic E-state index is 13.5. The fourth-order valence-electron chi connectivity index (χ4n) is 4.28. The van der Waals surface area contributed by atoms with Gasteiger partial charge in [0.15, 0.2) is 5.69 Å². The van der Waals surface area contributed by atoms with Gasteiger partial charge in [-0.15, -0.1) is 0 Å². The summed E-state index contributed by atoms with van der Waals surface area (Å²) in [5.74, 6) is 0.155. The summed E-state index contributed by atoms with van der Waals surface area (Å²) in [6, 6.07) is 2.15. The highest BCUT2D eigenvalue weighted by Gasteiger charge is 2.65. The minimum absolute atomic E-state index is 0.0521. The minimum Gasteiger partial charge on any atom is -0.379 e. The molecule has 1 aromatic carbocycles. The van der Waals surface area contributed by atoms with Crippen molar-refractivity contribution in [2.45, 2.75) is 62.4 Å². The van der Waals surface area contributed by atoms with Crippen LogP contribution in [0.15, 0.2) is 17.0 Å². The Morgan fingerprint density at radius 3 is 2.33 bits per heavy atom. The number of carbonyl (C=O) groups excluding carboxylic acids is 1. The average Bonchev–Trinajstić information content (AvgIpc) is 3.74. The third-order valence-electron chi connectivity index (χ3n) is 6.62. The Labute approximate surface area is 232 Å². The van der Waals surface area contributed by atoms with Crippen LogP contribution in [0.5, 0.6) is 0 Å². The Hall–Kier alpha value is -2.27. The van der Waals surface area contributed by atoms with E-state index in [1.807, 2.05) is 19.9 Å². The van der Waals surface area contributed by atoms with Crippen LogP contribution in [0.3, 0.4) is 0 Å². The van der Waals surface area contributed by atoms with Crippen molar-refractivity contribution in [3.63, 3.8) is 0 Å². The van der Waals surface area contributed by atoms with Gasteiger partial charge in [-0.3, -0.25) is 4.79 Å². The third-order valence-corrected chi connectivity index (χ3v) is 8.32. The quantitative estimate of drug-likeness (QED) is 0.191. The van der Waals surface area contributed by atoms with Crippen LogP contribution in [-0.4, -0.2) is 41.5 Å². The van der Waals surface area contributed by atoms with Gasteiger partial charge in [-0.05, 0) is 64.0 Å². The van der Waals surface area contributed by atoms with E-state index in [2.05, 4.69) is 15.7 Å². The number of nitrogens with one attached hydrogen (secondary N) is 2. The molecule has 1 amide bonds. The summed E-state index contributed by atoms with van der Waals surface area (Å²) in [6.07, 6.45) is 3.34. The van der Waals surface area contributed by atoms with E-state index in [9.17, 15) is 29.5 Å². The molecule has 39 heavy (non-hydrogen) atoms. The summed E-state index contributed by atoms with van der Waals surface area (Å²) in [6.45, 7) is 5.02. The van der Waals surface area contributed by atoms with E-state index < -0.39 is 30.6 Å². The molecule has 0 atom stereocenters. The Morgan fingerprint density at radius 1 is 1.23 bits per heavy atom. The predicted molar refractivity (Wildman–Crippen MR) is 141 cm³/mol. The van der Waals surface area contributed by atoms with Crippen LogP contribution in [0.25, 0.3) is 5.69 Å². The number of aromatic nitrogens is 2. The van der Waals surface area contributed by atoms with E-state index in [-0.39, 0.29) is 46.9 Å². The number of benzene rings is 1. The maximum absolute atomic E-state index is 13.5. The zero-order chi connectivity index (χ0) is 28.9. The van der Waals surface area contributed by atoms with Crippen molar-refractivity contribution in [3.05, 3.63) is 33.4 Å². The van der Waals surface area contributed by atoms with Gasteiger partial charge in [-0.2, -0.15) is 10.4 Å². The zero-order valence-corrected chi connectivity index (χ0v) is 23.5. The number of carbonyl (C=O) groups is 1. The lowest BCUT2D eigenvalue weighted by Gasteiger charge is -2.40. The monoisotopic (exact) mass is 615 g/mol. The van der Waals surface area contributed by atoms with Gasteiger partial charge in [0.25, 0.3) is 0 Å². The first kappa shape index (κ1) is 29.7. The normalized spacial score (nSPS) is 18.3. The van der Waals surface area contributed by atoms with Gasteiger partial charge in [0.05, 0.1) is 21.6 Å². The molecule has 0 saturated heterocycles. The van der Waals surface area contributed by atoms with Gasteiger partial charge in [0.2, 0.25) is 5.91 Å². The molecular weight excluding hydrogens is 588 g/mol. The zero-order valence-electron chi connectivity index (χ0n) is 21.2. The van der Waals surface area contributed by atoms with Crippen molar-refractivity contribution in [2.24, 2.45) is 5.92 Å². The van der Waals surface area contributed by atoms with Crippen LogP contribution in [0.1, 0.15) is 57.2 Å². The Bertz CT molecular complexity index is 1310. The second-order valence-electron chi connectivity index (χ2n) is 10.2. The lowest BCUT2D eigenvalue weighted by molar-refractivity contribution is -0.123. The van der Waals surface area contributed by atoms with Gasteiger partial charge in [-0.1, -0.05) is 42.6 Å². The van der Waals surface area contributed by atoms with E-state index >= 15 is 0 Å². The SMILES string of the molecule is CC(C)OCCCNC(=O)C1(c2c(C#N)nn(-c3c(Cl)cc(S(F)(F)(F)(F)F)cc3Cl)c2NCC2CC2)CC1. The summed E-state index contributed by atoms with van der Waals surface area (Å²) in [5.41, 5.74) is -1.29. The molecule has 2 N–H and O–H groups in total. The number of hydrogen-bond acceptors (Lipinski definition) is 5. The van der Waals surface area contributed by atoms with Crippen molar-refractivity contribution < 1.29 is 29.0 Å². The Morgan fingerprint density at radius 2 is 1.85 bits per heavy atom. The van der Waals surface area contributed by atoms with Crippen LogP contribution < -0.4 is 10.6 Å². The molecule has 0 aliphatic heterocycles. The average molecular weight is 616 g/mol. The second-order valence-corrected chi connectivity index (χ2v) is 13.5. The number of amides is 1.